The molecule has 1 unspecified atom stereocenters. The monoisotopic (exact) mass is 274 g/mol. The van der Waals surface area contributed by atoms with Crippen molar-refractivity contribution in [2.75, 3.05) is 33.4 Å². The molecule has 0 aliphatic carbocycles. The Kier molecular flexibility index (Phi) is 6.57. The maximum Gasteiger partial charge on any atom is 0.129 e. The molecular weight excluding hydrogens is 255 g/mol. The molecule has 0 saturated heterocycles. The normalized spacial score (nSPS) is 13.0. The van der Waals surface area contributed by atoms with E-state index in [2.05, 4.69) is 0 Å². The van der Waals surface area contributed by atoms with Gasteiger partial charge in [0.05, 0.1) is 6.61 Å². The molecular formula is C13H20ClFN2O. The first kappa shape index (κ1) is 15.4. The molecule has 0 radical (unpaired) electrons. The quantitative estimate of drug-likeness (QED) is 0.776. The Morgan fingerprint density at radius 1 is 1.50 bits per heavy atom. The Morgan fingerprint density at radius 3 is 2.78 bits per heavy atom. The number of hydrogen-bond donors (Lipinski definition) is 1. The van der Waals surface area contributed by atoms with Crippen molar-refractivity contribution in [1.82, 2.24) is 4.90 Å². The number of nitrogens with zero attached hydrogens (tertiary/aromatic N) is 1. The second-order valence-electron chi connectivity index (χ2n) is 4.09. The lowest BCUT2D eigenvalue weighted by molar-refractivity contribution is 0.108. The lowest BCUT2D eigenvalue weighted by atomic mass is 10.1. The number of rotatable bonds is 7. The van der Waals surface area contributed by atoms with Gasteiger partial charge in [-0.05, 0) is 26.1 Å². The molecule has 5 heteroatoms. The largest absolute Gasteiger partial charge is 0.380 e. The van der Waals surface area contributed by atoms with Crippen LogP contribution < -0.4 is 5.73 Å². The Bertz CT molecular complexity index is 376. The van der Waals surface area contributed by atoms with Crippen LogP contribution in [0.5, 0.6) is 0 Å². The van der Waals surface area contributed by atoms with E-state index in [9.17, 15) is 4.39 Å². The van der Waals surface area contributed by atoms with Crippen LogP contribution in [-0.2, 0) is 4.74 Å². The zero-order valence-corrected chi connectivity index (χ0v) is 11.6. The molecule has 1 aromatic rings. The summed E-state index contributed by atoms with van der Waals surface area (Å²) < 4.78 is 19.1. The SMILES string of the molecule is CCOCCN(C)C(CN)c1ccc(Cl)cc1F. The van der Waals surface area contributed by atoms with Gasteiger partial charge in [-0.25, -0.2) is 4.39 Å². The molecule has 0 saturated carbocycles. The third-order valence-electron chi connectivity index (χ3n) is 2.87. The number of ether oxygens (including phenoxy) is 1. The van der Waals surface area contributed by atoms with Crippen molar-refractivity contribution in [1.29, 1.82) is 0 Å². The highest BCUT2D eigenvalue weighted by atomic mass is 35.5. The summed E-state index contributed by atoms with van der Waals surface area (Å²) in [5.74, 6) is -0.318. The minimum atomic E-state index is -0.318. The molecule has 0 aliphatic rings. The highest BCUT2D eigenvalue weighted by molar-refractivity contribution is 6.30. The number of halogens is 2. The number of benzene rings is 1. The lowest BCUT2D eigenvalue weighted by Crippen LogP contribution is -2.33. The van der Waals surface area contributed by atoms with Crippen molar-refractivity contribution < 1.29 is 9.13 Å². The van der Waals surface area contributed by atoms with Gasteiger partial charge in [0.2, 0.25) is 0 Å². The first-order valence-electron chi connectivity index (χ1n) is 6.03. The molecule has 0 bridgehead atoms. The molecule has 0 aliphatic heterocycles. The van der Waals surface area contributed by atoms with Gasteiger partial charge >= 0.3 is 0 Å². The summed E-state index contributed by atoms with van der Waals surface area (Å²) in [5, 5.41) is 0.393. The Morgan fingerprint density at radius 2 is 2.22 bits per heavy atom. The Labute approximate surface area is 113 Å². The van der Waals surface area contributed by atoms with Gasteiger partial charge in [0.15, 0.2) is 0 Å². The highest BCUT2D eigenvalue weighted by Gasteiger charge is 2.18. The number of nitrogens with two attached hydrogens (primary N) is 1. The predicted octanol–water partition coefficient (Wildman–Crippen LogP) is 2.45. The van der Waals surface area contributed by atoms with Crippen LogP contribution in [0.2, 0.25) is 5.02 Å². The van der Waals surface area contributed by atoms with Crippen molar-refractivity contribution in [2.24, 2.45) is 5.73 Å². The van der Waals surface area contributed by atoms with Crippen LogP contribution in [0.25, 0.3) is 0 Å². The predicted molar refractivity (Wildman–Crippen MR) is 72.3 cm³/mol. The molecule has 102 valence electrons. The summed E-state index contributed by atoms with van der Waals surface area (Å²) in [6.45, 7) is 4.29. The summed E-state index contributed by atoms with van der Waals surface area (Å²) >= 11 is 5.74. The van der Waals surface area contributed by atoms with E-state index in [4.69, 9.17) is 22.1 Å². The van der Waals surface area contributed by atoms with E-state index in [1.54, 1.807) is 12.1 Å². The second kappa shape index (κ2) is 7.69. The van der Waals surface area contributed by atoms with Crippen molar-refractivity contribution in [3.8, 4) is 0 Å². The summed E-state index contributed by atoms with van der Waals surface area (Å²) in [7, 11) is 1.91. The van der Waals surface area contributed by atoms with Crippen LogP contribution in [0.15, 0.2) is 18.2 Å². The van der Waals surface area contributed by atoms with Crippen LogP contribution in [0.3, 0.4) is 0 Å². The maximum atomic E-state index is 13.8. The first-order chi connectivity index (χ1) is 8.60. The number of hydrogen-bond acceptors (Lipinski definition) is 3. The standard InChI is InChI=1S/C13H20ClFN2O/c1-3-18-7-6-17(2)13(9-16)11-5-4-10(14)8-12(11)15/h4-5,8,13H,3,6-7,9,16H2,1-2H3. The van der Waals surface area contributed by atoms with Gasteiger partial charge in [-0.3, -0.25) is 4.90 Å². The van der Waals surface area contributed by atoms with Crippen molar-refractivity contribution in [2.45, 2.75) is 13.0 Å². The minimum Gasteiger partial charge on any atom is -0.380 e. The molecule has 1 aromatic carbocycles. The van der Waals surface area contributed by atoms with E-state index in [1.165, 1.54) is 6.07 Å². The lowest BCUT2D eigenvalue weighted by Gasteiger charge is -2.27. The van der Waals surface area contributed by atoms with Gasteiger partial charge in [0, 0.05) is 36.3 Å². The molecule has 18 heavy (non-hydrogen) atoms. The van der Waals surface area contributed by atoms with Crippen LogP contribution in [0.1, 0.15) is 18.5 Å². The minimum absolute atomic E-state index is 0.164. The zero-order chi connectivity index (χ0) is 13.5. The van der Waals surface area contributed by atoms with E-state index in [0.717, 1.165) is 0 Å². The van der Waals surface area contributed by atoms with Gasteiger partial charge < -0.3 is 10.5 Å². The first-order valence-corrected chi connectivity index (χ1v) is 6.41. The summed E-state index contributed by atoms with van der Waals surface area (Å²) in [6, 6.07) is 4.52. The molecule has 2 N–H and O–H groups in total. The van der Waals surface area contributed by atoms with E-state index < -0.39 is 0 Å². The topological polar surface area (TPSA) is 38.5 Å². The van der Waals surface area contributed by atoms with Crippen molar-refractivity contribution >= 4 is 11.6 Å². The van der Waals surface area contributed by atoms with Crippen LogP contribution in [0.4, 0.5) is 4.39 Å². The van der Waals surface area contributed by atoms with Gasteiger partial charge in [-0.2, -0.15) is 0 Å². The van der Waals surface area contributed by atoms with Crippen molar-refractivity contribution in [3.63, 3.8) is 0 Å². The van der Waals surface area contributed by atoms with Gasteiger partial charge in [-0.15, -0.1) is 0 Å². The summed E-state index contributed by atoms with van der Waals surface area (Å²) in [5.41, 5.74) is 6.31. The van der Waals surface area contributed by atoms with Gasteiger partial charge in [-0.1, -0.05) is 17.7 Å². The van der Waals surface area contributed by atoms with Gasteiger partial charge in [0.1, 0.15) is 5.82 Å². The van der Waals surface area contributed by atoms with E-state index in [0.29, 0.717) is 36.9 Å². The van der Waals surface area contributed by atoms with Crippen molar-refractivity contribution in [3.05, 3.63) is 34.6 Å². The summed E-state index contributed by atoms with van der Waals surface area (Å²) in [6.07, 6.45) is 0. The Balaban J connectivity index is 2.75. The fraction of sp³-hybridized carbons (Fsp3) is 0.538. The fourth-order valence-electron chi connectivity index (χ4n) is 1.82. The molecule has 1 atom stereocenters. The second-order valence-corrected chi connectivity index (χ2v) is 4.53. The zero-order valence-electron chi connectivity index (χ0n) is 10.8. The average Bonchev–Trinajstić information content (AvgIpc) is 2.33. The molecule has 0 amide bonds. The van der Waals surface area contributed by atoms with Gasteiger partial charge in [0.25, 0.3) is 0 Å². The van der Waals surface area contributed by atoms with E-state index in [1.807, 2.05) is 18.9 Å². The summed E-state index contributed by atoms with van der Waals surface area (Å²) in [4.78, 5) is 1.99. The smallest absolute Gasteiger partial charge is 0.129 e. The molecule has 0 heterocycles. The highest BCUT2D eigenvalue weighted by Crippen LogP contribution is 2.23. The third kappa shape index (κ3) is 4.21. The third-order valence-corrected chi connectivity index (χ3v) is 3.10. The Hall–Kier alpha value is -0.680. The maximum absolute atomic E-state index is 13.8. The van der Waals surface area contributed by atoms with Crippen LogP contribution in [0, 0.1) is 5.82 Å². The molecule has 0 fully saturated rings. The number of likely N-dealkylation sites (N-methyl/N-ethyl adjacent to an activating group) is 1. The molecule has 3 nitrogen and oxygen atoms in total. The van der Waals surface area contributed by atoms with Crippen LogP contribution >= 0.6 is 11.6 Å². The molecule has 1 rings (SSSR count). The fourth-order valence-corrected chi connectivity index (χ4v) is 1.98. The molecule has 0 aromatic heterocycles. The average molecular weight is 275 g/mol. The van der Waals surface area contributed by atoms with E-state index >= 15 is 0 Å². The molecule has 0 spiro atoms. The van der Waals surface area contributed by atoms with Crippen LogP contribution in [-0.4, -0.2) is 38.3 Å². The van der Waals surface area contributed by atoms with E-state index in [-0.39, 0.29) is 11.9 Å².